The summed E-state index contributed by atoms with van der Waals surface area (Å²) in [4.78, 5) is 14.8. The summed E-state index contributed by atoms with van der Waals surface area (Å²) in [5.74, 6) is 3.58. The van der Waals surface area contributed by atoms with Crippen LogP contribution in [0.4, 0.5) is 0 Å². The van der Waals surface area contributed by atoms with E-state index in [0.717, 1.165) is 34.1 Å². The smallest absolute Gasteiger partial charge is 0.164 e. The van der Waals surface area contributed by atoms with E-state index in [1.807, 2.05) is 54.6 Å². The third-order valence-electron chi connectivity index (χ3n) is 11.3. The molecule has 4 saturated carbocycles. The van der Waals surface area contributed by atoms with Gasteiger partial charge in [0.15, 0.2) is 17.5 Å². The Morgan fingerprint density at radius 3 is 1.52 bits per heavy atom. The highest BCUT2D eigenvalue weighted by atomic mass is 15.0. The quantitative estimate of drug-likeness (QED) is 0.186. The van der Waals surface area contributed by atoms with Crippen LogP contribution < -0.4 is 0 Å². The van der Waals surface area contributed by atoms with E-state index in [2.05, 4.69) is 84.9 Å². The standard InChI is InChI=1S/C44H36N4/c45-28-30-9-7-14-36(22-30)37-15-8-16-39(23-37)44-26-31-21-32(27-44)25-43(24-31,29-44)38-19-17-35(18-20-38)42-47-40(33-10-3-1-4-11-33)46-41(48-42)34-12-5-2-6-13-34/h1-20,22-23,31-32H,21,24-27,29H2. The Morgan fingerprint density at radius 1 is 0.479 bits per heavy atom. The van der Waals surface area contributed by atoms with E-state index >= 15 is 0 Å². The predicted octanol–water partition coefficient (Wildman–Crippen LogP) is 10.2. The summed E-state index contributed by atoms with van der Waals surface area (Å²) >= 11 is 0. The number of nitriles is 1. The van der Waals surface area contributed by atoms with Crippen molar-refractivity contribution in [2.45, 2.75) is 49.4 Å². The Labute approximate surface area is 282 Å². The number of nitrogens with zero attached hydrogens (tertiary/aromatic N) is 4. The first kappa shape index (κ1) is 28.8. The molecule has 0 saturated heterocycles. The van der Waals surface area contributed by atoms with E-state index in [9.17, 15) is 5.26 Å². The third-order valence-corrected chi connectivity index (χ3v) is 11.3. The molecule has 10 rings (SSSR count). The fourth-order valence-corrected chi connectivity index (χ4v) is 9.65. The van der Waals surface area contributed by atoms with Crippen molar-refractivity contribution in [2.75, 3.05) is 0 Å². The summed E-state index contributed by atoms with van der Waals surface area (Å²) in [6, 6.07) is 49.1. The monoisotopic (exact) mass is 620 g/mol. The Kier molecular flexibility index (Phi) is 6.83. The van der Waals surface area contributed by atoms with Gasteiger partial charge in [-0.25, -0.2) is 15.0 Å². The lowest BCUT2D eigenvalue weighted by molar-refractivity contribution is -0.0281. The van der Waals surface area contributed by atoms with E-state index in [4.69, 9.17) is 15.0 Å². The molecule has 4 aliphatic rings. The van der Waals surface area contributed by atoms with Gasteiger partial charge in [0.1, 0.15) is 0 Å². The molecule has 0 N–H and O–H groups in total. The van der Waals surface area contributed by atoms with Crippen LogP contribution in [0.5, 0.6) is 0 Å². The molecule has 4 nitrogen and oxygen atoms in total. The second kappa shape index (κ2) is 11.4. The van der Waals surface area contributed by atoms with E-state index in [0.29, 0.717) is 23.0 Å². The minimum absolute atomic E-state index is 0.183. The van der Waals surface area contributed by atoms with Gasteiger partial charge in [-0.05, 0) is 95.6 Å². The van der Waals surface area contributed by atoms with Crippen LogP contribution in [0.3, 0.4) is 0 Å². The van der Waals surface area contributed by atoms with E-state index in [-0.39, 0.29) is 10.8 Å². The maximum absolute atomic E-state index is 9.50. The molecule has 4 bridgehead atoms. The van der Waals surface area contributed by atoms with Crippen molar-refractivity contribution in [3.8, 4) is 51.4 Å². The number of benzene rings is 5. The molecule has 2 atom stereocenters. The van der Waals surface area contributed by atoms with Crippen LogP contribution >= 0.6 is 0 Å². The molecule has 0 radical (unpaired) electrons. The highest BCUT2D eigenvalue weighted by Gasteiger charge is 2.58. The summed E-state index contributed by atoms with van der Waals surface area (Å²) in [6.07, 6.45) is 7.66. The molecule has 0 amide bonds. The molecule has 48 heavy (non-hydrogen) atoms. The van der Waals surface area contributed by atoms with Crippen LogP contribution in [0.15, 0.2) is 133 Å². The van der Waals surface area contributed by atoms with E-state index < -0.39 is 0 Å². The van der Waals surface area contributed by atoms with Crippen LogP contribution in [0.25, 0.3) is 45.3 Å². The Hall–Kier alpha value is -5.40. The number of hydrogen-bond donors (Lipinski definition) is 0. The molecule has 6 aromatic rings. The average molecular weight is 621 g/mol. The van der Waals surface area contributed by atoms with Gasteiger partial charge < -0.3 is 0 Å². The van der Waals surface area contributed by atoms with Crippen molar-refractivity contribution in [3.63, 3.8) is 0 Å². The average Bonchev–Trinajstić information content (AvgIpc) is 3.15. The van der Waals surface area contributed by atoms with Crippen molar-refractivity contribution in [3.05, 3.63) is 150 Å². The highest BCUT2D eigenvalue weighted by Crippen LogP contribution is 2.66. The van der Waals surface area contributed by atoms with Gasteiger partial charge in [0.2, 0.25) is 0 Å². The normalized spacial score (nSPS) is 23.9. The summed E-state index contributed by atoms with van der Waals surface area (Å²) in [6.45, 7) is 0. The van der Waals surface area contributed by atoms with E-state index in [1.165, 1.54) is 55.2 Å². The fraction of sp³-hybridized carbons (Fsp3) is 0.227. The van der Waals surface area contributed by atoms with Crippen LogP contribution in [0, 0.1) is 23.2 Å². The van der Waals surface area contributed by atoms with Crippen LogP contribution in [0.2, 0.25) is 0 Å². The summed E-state index contributed by atoms with van der Waals surface area (Å²) < 4.78 is 0. The molecule has 0 spiro atoms. The van der Waals surface area contributed by atoms with Gasteiger partial charge >= 0.3 is 0 Å². The number of hydrogen-bond acceptors (Lipinski definition) is 4. The lowest BCUT2D eigenvalue weighted by Gasteiger charge is -2.63. The van der Waals surface area contributed by atoms with Gasteiger partial charge in [0.25, 0.3) is 0 Å². The first-order valence-corrected chi connectivity index (χ1v) is 17.2. The zero-order chi connectivity index (χ0) is 32.1. The summed E-state index contributed by atoms with van der Waals surface area (Å²) in [7, 11) is 0. The third kappa shape index (κ3) is 5.02. The van der Waals surface area contributed by atoms with Crippen molar-refractivity contribution in [1.82, 2.24) is 15.0 Å². The molecular formula is C44H36N4. The second-order valence-corrected chi connectivity index (χ2v) is 14.4. The Bertz CT molecular complexity index is 2090. The summed E-state index contributed by atoms with van der Waals surface area (Å²) in [5.41, 5.74) is 9.33. The maximum atomic E-state index is 9.50. The zero-order valence-electron chi connectivity index (χ0n) is 26.9. The maximum Gasteiger partial charge on any atom is 0.164 e. The van der Waals surface area contributed by atoms with Gasteiger partial charge in [-0.15, -0.1) is 0 Å². The van der Waals surface area contributed by atoms with Gasteiger partial charge in [-0.2, -0.15) is 5.26 Å². The highest BCUT2D eigenvalue weighted by molar-refractivity contribution is 5.68. The minimum atomic E-state index is 0.183. The van der Waals surface area contributed by atoms with Crippen molar-refractivity contribution < 1.29 is 0 Å². The van der Waals surface area contributed by atoms with Gasteiger partial charge in [-0.1, -0.05) is 121 Å². The molecule has 2 unspecified atom stereocenters. The second-order valence-electron chi connectivity index (χ2n) is 14.4. The lowest BCUT2D eigenvalue weighted by Crippen LogP contribution is -2.55. The van der Waals surface area contributed by atoms with Crippen LogP contribution in [-0.4, -0.2) is 15.0 Å². The van der Waals surface area contributed by atoms with Gasteiger partial charge in [-0.3, -0.25) is 0 Å². The Balaban J connectivity index is 1.07. The molecule has 5 aromatic carbocycles. The molecular weight excluding hydrogens is 585 g/mol. The molecule has 4 aliphatic carbocycles. The molecule has 1 aromatic heterocycles. The zero-order valence-corrected chi connectivity index (χ0v) is 26.9. The molecule has 4 heteroatoms. The van der Waals surface area contributed by atoms with E-state index in [1.54, 1.807) is 0 Å². The first-order valence-electron chi connectivity index (χ1n) is 17.2. The molecule has 4 fully saturated rings. The van der Waals surface area contributed by atoms with Crippen LogP contribution in [-0.2, 0) is 10.8 Å². The number of aromatic nitrogens is 3. The van der Waals surface area contributed by atoms with Gasteiger partial charge in [0.05, 0.1) is 11.6 Å². The topological polar surface area (TPSA) is 62.5 Å². The van der Waals surface area contributed by atoms with Crippen molar-refractivity contribution in [2.24, 2.45) is 11.8 Å². The largest absolute Gasteiger partial charge is 0.208 e. The first-order chi connectivity index (χ1) is 23.6. The van der Waals surface area contributed by atoms with Crippen LogP contribution in [0.1, 0.15) is 55.2 Å². The number of rotatable bonds is 6. The predicted molar refractivity (Wildman–Crippen MR) is 191 cm³/mol. The Morgan fingerprint density at radius 2 is 0.958 bits per heavy atom. The van der Waals surface area contributed by atoms with Gasteiger partial charge in [0, 0.05) is 16.7 Å². The summed E-state index contributed by atoms with van der Waals surface area (Å²) in [5, 5.41) is 9.50. The van der Waals surface area contributed by atoms with Crippen molar-refractivity contribution >= 4 is 0 Å². The molecule has 0 aliphatic heterocycles. The fourth-order valence-electron chi connectivity index (χ4n) is 9.65. The lowest BCUT2D eigenvalue weighted by atomic mass is 9.41. The molecule has 232 valence electrons. The SMILES string of the molecule is N#Cc1cccc(-c2cccc(C34CC5CC(CC(c6ccc(-c7nc(-c8ccccc8)nc(-c8ccccc8)n7)cc6)(C5)C3)C4)c2)c1. The van der Waals surface area contributed by atoms with Crippen molar-refractivity contribution in [1.29, 1.82) is 5.26 Å². The minimum Gasteiger partial charge on any atom is -0.208 e. The molecule has 1 heterocycles.